The van der Waals surface area contributed by atoms with Crippen LogP contribution >= 0.6 is 0 Å². The van der Waals surface area contributed by atoms with Crippen molar-refractivity contribution < 1.29 is 18.1 Å². The molecule has 152 valence electrons. The first-order valence-corrected chi connectivity index (χ1v) is 11.0. The van der Waals surface area contributed by atoms with Crippen LogP contribution in [-0.4, -0.2) is 51.9 Å². The molecule has 29 heavy (non-hydrogen) atoms. The lowest BCUT2D eigenvalue weighted by Gasteiger charge is -2.32. The molecule has 3 rings (SSSR count). The molecule has 0 unspecified atom stereocenters. The highest BCUT2D eigenvalue weighted by Gasteiger charge is 2.25. The molecular weight excluding hydrogens is 388 g/mol. The third kappa shape index (κ3) is 5.41. The summed E-state index contributed by atoms with van der Waals surface area (Å²) in [6, 6.07) is 16.2. The van der Waals surface area contributed by atoms with Crippen molar-refractivity contribution in [3.05, 3.63) is 65.2 Å². The number of nitriles is 1. The van der Waals surface area contributed by atoms with Gasteiger partial charge in [-0.1, -0.05) is 42.0 Å². The number of carbonyl (C=O) groups is 1. The first-order chi connectivity index (χ1) is 13.9. The van der Waals surface area contributed by atoms with Gasteiger partial charge >= 0.3 is 0 Å². The van der Waals surface area contributed by atoms with Gasteiger partial charge in [0.1, 0.15) is 12.6 Å². The molecule has 1 saturated heterocycles. The highest BCUT2D eigenvalue weighted by Crippen LogP contribution is 2.13. The van der Waals surface area contributed by atoms with E-state index in [2.05, 4.69) is 35.9 Å². The van der Waals surface area contributed by atoms with Gasteiger partial charge in [-0.15, -0.1) is 0 Å². The summed E-state index contributed by atoms with van der Waals surface area (Å²) in [5.74, 6) is -0.252. The molecule has 2 N–H and O–H groups in total. The van der Waals surface area contributed by atoms with Crippen LogP contribution in [0.25, 0.3) is 0 Å². The fraction of sp³-hybridized carbons (Fsp3) is 0.333. The number of hydrogen-bond donors (Lipinski definition) is 2. The van der Waals surface area contributed by atoms with Crippen LogP contribution in [0.5, 0.6) is 0 Å². The molecule has 7 nitrogen and oxygen atoms in total. The molecule has 2 aromatic rings. The molecular formula is C21H25N4O3S+. The van der Waals surface area contributed by atoms with Crippen molar-refractivity contribution in [3.63, 3.8) is 0 Å². The summed E-state index contributed by atoms with van der Waals surface area (Å²) in [6.45, 7) is 5.52. The van der Waals surface area contributed by atoms with Crippen LogP contribution in [0, 0.1) is 18.3 Å². The number of nitrogens with one attached hydrogen (secondary N) is 2. The second-order valence-corrected chi connectivity index (χ2v) is 8.96. The normalized spacial score (nSPS) is 15.1. The van der Waals surface area contributed by atoms with Crippen molar-refractivity contribution in [2.75, 3.05) is 32.7 Å². The molecule has 0 saturated carbocycles. The summed E-state index contributed by atoms with van der Waals surface area (Å²) < 4.78 is 27.2. The number of quaternary nitrogens is 1. The Labute approximate surface area is 171 Å². The van der Waals surface area contributed by atoms with Crippen molar-refractivity contribution in [1.29, 1.82) is 5.26 Å². The predicted octanol–water partition coefficient (Wildman–Crippen LogP) is 0.0723. The lowest BCUT2D eigenvalue weighted by atomic mass is 10.1. The zero-order chi connectivity index (χ0) is 20.9. The molecule has 1 amide bonds. The van der Waals surface area contributed by atoms with E-state index >= 15 is 0 Å². The number of benzene rings is 2. The Morgan fingerprint density at radius 1 is 1.17 bits per heavy atom. The third-order valence-electron chi connectivity index (χ3n) is 5.07. The minimum Gasteiger partial charge on any atom is -0.330 e. The van der Waals surface area contributed by atoms with E-state index in [9.17, 15) is 13.2 Å². The number of hydrogen-bond acceptors (Lipinski definition) is 4. The summed E-state index contributed by atoms with van der Waals surface area (Å²) >= 11 is 0. The molecule has 1 aliphatic heterocycles. The average Bonchev–Trinajstić information content (AvgIpc) is 2.72. The monoisotopic (exact) mass is 413 g/mol. The van der Waals surface area contributed by atoms with E-state index in [0.717, 1.165) is 19.6 Å². The number of carbonyl (C=O) groups excluding carboxylic acids is 1. The Balaban J connectivity index is 1.51. The quantitative estimate of drug-likeness (QED) is 0.701. The maximum Gasteiger partial charge on any atom is 0.242 e. The molecule has 0 spiro atoms. The fourth-order valence-electron chi connectivity index (χ4n) is 3.50. The number of nitrogens with zero attached hydrogens (tertiary/aromatic N) is 2. The molecule has 0 bridgehead atoms. The Morgan fingerprint density at radius 3 is 2.59 bits per heavy atom. The number of rotatable bonds is 6. The minimum absolute atomic E-state index is 0.0563. The van der Waals surface area contributed by atoms with Crippen molar-refractivity contribution in [2.45, 2.75) is 18.4 Å². The van der Waals surface area contributed by atoms with E-state index in [-0.39, 0.29) is 22.9 Å². The van der Waals surface area contributed by atoms with Crippen LogP contribution in [-0.2, 0) is 21.4 Å². The van der Waals surface area contributed by atoms with Crippen LogP contribution in [0.2, 0.25) is 0 Å². The number of amides is 1. The van der Waals surface area contributed by atoms with Crippen molar-refractivity contribution in [3.8, 4) is 6.07 Å². The average molecular weight is 414 g/mol. The standard InChI is InChI=1S/C21H24N4O3S/c1-17-5-4-6-18(13-17)16-24-9-11-25(12-10-24)21(26)15-23-29(27,28)20-8-3-2-7-19(20)14-22/h2-8,13,23H,9-12,15-16H2,1H3/p+1. The molecule has 0 atom stereocenters. The van der Waals surface area contributed by atoms with E-state index < -0.39 is 10.0 Å². The zero-order valence-corrected chi connectivity index (χ0v) is 17.2. The molecule has 1 aliphatic rings. The van der Waals surface area contributed by atoms with E-state index in [1.807, 2.05) is 6.07 Å². The van der Waals surface area contributed by atoms with Crippen LogP contribution in [0.15, 0.2) is 53.4 Å². The predicted molar refractivity (Wildman–Crippen MR) is 109 cm³/mol. The second-order valence-electron chi connectivity index (χ2n) is 7.23. The summed E-state index contributed by atoms with van der Waals surface area (Å²) in [7, 11) is -3.92. The van der Waals surface area contributed by atoms with Gasteiger partial charge < -0.3 is 9.80 Å². The maximum atomic E-state index is 12.5. The van der Waals surface area contributed by atoms with Crippen LogP contribution in [0.4, 0.5) is 0 Å². The Morgan fingerprint density at radius 2 is 1.90 bits per heavy atom. The highest BCUT2D eigenvalue weighted by atomic mass is 32.2. The summed E-state index contributed by atoms with van der Waals surface area (Å²) in [5, 5.41) is 9.09. The van der Waals surface area contributed by atoms with Crippen LogP contribution < -0.4 is 9.62 Å². The summed E-state index contributed by atoms with van der Waals surface area (Å²) in [4.78, 5) is 15.5. The Kier molecular flexibility index (Phi) is 6.64. The topological polar surface area (TPSA) is 94.7 Å². The largest absolute Gasteiger partial charge is 0.330 e. The van der Waals surface area contributed by atoms with E-state index in [1.165, 1.54) is 28.2 Å². The van der Waals surface area contributed by atoms with Gasteiger partial charge in [0.2, 0.25) is 15.9 Å². The van der Waals surface area contributed by atoms with Gasteiger partial charge in [0.25, 0.3) is 0 Å². The maximum absolute atomic E-state index is 12.5. The number of aryl methyl sites for hydroxylation is 1. The van der Waals surface area contributed by atoms with Crippen LogP contribution in [0.1, 0.15) is 16.7 Å². The molecule has 1 fully saturated rings. The first kappa shape index (κ1) is 21.0. The number of sulfonamides is 1. The van der Waals surface area contributed by atoms with Gasteiger partial charge in [0.15, 0.2) is 0 Å². The Bertz CT molecular complexity index is 1020. The lowest BCUT2D eigenvalue weighted by molar-refractivity contribution is -0.917. The Hall–Kier alpha value is -2.73. The van der Waals surface area contributed by atoms with Gasteiger partial charge in [0, 0.05) is 5.56 Å². The van der Waals surface area contributed by atoms with E-state index in [1.54, 1.807) is 17.0 Å². The SMILES string of the molecule is Cc1cccc(C[NH+]2CCN(C(=O)CNS(=O)(=O)c3ccccc3C#N)CC2)c1. The number of piperazine rings is 1. The zero-order valence-electron chi connectivity index (χ0n) is 16.4. The first-order valence-electron chi connectivity index (χ1n) is 9.55. The summed E-state index contributed by atoms with van der Waals surface area (Å²) in [6.07, 6.45) is 0. The minimum atomic E-state index is -3.92. The van der Waals surface area contributed by atoms with Crippen molar-refractivity contribution in [2.24, 2.45) is 0 Å². The fourth-order valence-corrected chi connectivity index (χ4v) is 4.63. The molecule has 2 aromatic carbocycles. The van der Waals surface area contributed by atoms with Gasteiger partial charge in [-0.2, -0.15) is 5.26 Å². The molecule has 1 heterocycles. The van der Waals surface area contributed by atoms with Gasteiger partial charge in [-0.25, -0.2) is 13.1 Å². The summed E-state index contributed by atoms with van der Waals surface area (Å²) in [5.41, 5.74) is 2.57. The second kappa shape index (κ2) is 9.18. The molecule has 0 aliphatic carbocycles. The van der Waals surface area contributed by atoms with E-state index in [0.29, 0.717) is 13.1 Å². The highest BCUT2D eigenvalue weighted by molar-refractivity contribution is 7.89. The van der Waals surface area contributed by atoms with Gasteiger partial charge in [-0.05, 0) is 19.1 Å². The molecule has 0 aromatic heterocycles. The molecule has 0 radical (unpaired) electrons. The lowest BCUT2D eigenvalue weighted by Crippen LogP contribution is -3.13. The van der Waals surface area contributed by atoms with Gasteiger partial charge in [-0.3, -0.25) is 4.79 Å². The van der Waals surface area contributed by atoms with Crippen molar-refractivity contribution >= 4 is 15.9 Å². The van der Waals surface area contributed by atoms with Gasteiger partial charge in [0.05, 0.1) is 43.2 Å². The van der Waals surface area contributed by atoms with E-state index in [4.69, 9.17) is 5.26 Å². The molecule has 8 heteroatoms. The smallest absolute Gasteiger partial charge is 0.242 e. The van der Waals surface area contributed by atoms with Crippen LogP contribution in [0.3, 0.4) is 0 Å². The van der Waals surface area contributed by atoms with Crippen molar-refractivity contribution in [1.82, 2.24) is 9.62 Å². The third-order valence-corrected chi connectivity index (χ3v) is 6.53.